The number of ether oxygens (including phenoxy) is 2. The topological polar surface area (TPSA) is 47.6 Å². The Bertz CT molecular complexity index is 874. The molecule has 2 saturated heterocycles. The zero-order valence-corrected chi connectivity index (χ0v) is 19.3. The number of carbonyl (C=O) groups excluding carboxylic acids is 1. The molecule has 2 aliphatic heterocycles. The first kappa shape index (κ1) is 21.8. The van der Waals surface area contributed by atoms with Gasteiger partial charge in [-0.05, 0) is 61.1 Å². The van der Waals surface area contributed by atoms with Crippen LogP contribution in [0.2, 0.25) is 5.02 Å². The molecular formula is C24H27BrClNO3. The number of carbonyl (C=O) groups is 1. The van der Waals surface area contributed by atoms with Crippen LogP contribution in [0.3, 0.4) is 0 Å². The second-order valence-corrected chi connectivity index (χ2v) is 9.64. The predicted octanol–water partition coefficient (Wildman–Crippen LogP) is 5.02. The minimum absolute atomic E-state index is 0.0778. The Kier molecular flexibility index (Phi) is 6.83. The molecule has 2 aromatic carbocycles. The molecule has 0 radical (unpaired) electrons. The lowest BCUT2D eigenvalue weighted by Crippen LogP contribution is -2.52. The number of rotatable bonds is 5. The summed E-state index contributed by atoms with van der Waals surface area (Å²) in [7, 11) is 0. The summed E-state index contributed by atoms with van der Waals surface area (Å²) in [6.07, 6.45) is 3.13. The van der Waals surface area contributed by atoms with Crippen molar-refractivity contribution in [3.63, 3.8) is 0 Å². The SMILES string of the molecule is O=C(NCC1(c2cccc(Br)c2)CCOCC1)C1(c2ccc(Cl)cc2)CCOCC1. The molecule has 0 aliphatic carbocycles. The molecule has 2 fully saturated rings. The standard InChI is InChI=1S/C24H27BrClNO3/c25-20-3-1-2-19(16-20)23(8-12-29-13-9-23)17-27-22(28)24(10-14-30-15-11-24)18-4-6-21(26)7-5-18/h1-7,16H,8-15,17H2,(H,27,28). The van der Waals surface area contributed by atoms with Crippen LogP contribution >= 0.6 is 27.5 Å². The molecule has 4 rings (SSSR count). The summed E-state index contributed by atoms with van der Waals surface area (Å²) in [5.74, 6) is 0.0778. The van der Waals surface area contributed by atoms with E-state index in [2.05, 4.69) is 39.4 Å². The van der Waals surface area contributed by atoms with E-state index in [1.54, 1.807) is 0 Å². The minimum Gasteiger partial charge on any atom is -0.381 e. The number of nitrogens with one attached hydrogen (secondary N) is 1. The van der Waals surface area contributed by atoms with E-state index in [1.807, 2.05) is 30.3 Å². The van der Waals surface area contributed by atoms with E-state index in [0.29, 0.717) is 50.8 Å². The molecule has 1 N–H and O–H groups in total. The van der Waals surface area contributed by atoms with Crippen molar-refractivity contribution < 1.29 is 14.3 Å². The van der Waals surface area contributed by atoms with Crippen LogP contribution in [0.15, 0.2) is 53.0 Å². The molecule has 0 aromatic heterocycles. The van der Waals surface area contributed by atoms with Gasteiger partial charge in [0.1, 0.15) is 0 Å². The van der Waals surface area contributed by atoms with E-state index >= 15 is 0 Å². The molecule has 0 unspecified atom stereocenters. The van der Waals surface area contributed by atoms with Gasteiger partial charge in [0.2, 0.25) is 5.91 Å². The van der Waals surface area contributed by atoms with Gasteiger partial charge in [-0.1, -0.05) is 51.8 Å². The second-order valence-electron chi connectivity index (χ2n) is 8.29. The maximum atomic E-state index is 13.6. The highest BCUT2D eigenvalue weighted by molar-refractivity contribution is 9.10. The summed E-state index contributed by atoms with van der Waals surface area (Å²) >= 11 is 9.69. The highest BCUT2D eigenvalue weighted by Gasteiger charge is 2.43. The van der Waals surface area contributed by atoms with Crippen LogP contribution in [0.5, 0.6) is 0 Å². The van der Waals surface area contributed by atoms with Gasteiger partial charge < -0.3 is 14.8 Å². The third-order valence-corrected chi connectivity index (χ3v) is 7.40. The van der Waals surface area contributed by atoms with Crippen LogP contribution in [0, 0.1) is 0 Å². The summed E-state index contributed by atoms with van der Waals surface area (Å²) in [6.45, 7) is 3.18. The fraction of sp³-hybridized carbons (Fsp3) is 0.458. The van der Waals surface area contributed by atoms with Gasteiger partial charge in [-0.3, -0.25) is 4.79 Å². The molecule has 2 aliphatic rings. The maximum absolute atomic E-state index is 13.6. The highest BCUT2D eigenvalue weighted by Crippen LogP contribution is 2.38. The van der Waals surface area contributed by atoms with E-state index in [-0.39, 0.29) is 11.3 Å². The van der Waals surface area contributed by atoms with Crippen molar-refractivity contribution in [2.75, 3.05) is 33.0 Å². The molecule has 4 nitrogen and oxygen atoms in total. The third-order valence-electron chi connectivity index (χ3n) is 6.65. The monoisotopic (exact) mass is 491 g/mol. The van der Waals surface area contributed by atoms with Crippen molar-refractivity contribution >= 4 is 33.4 Å². The minimum atomic E-state index is -0.577. The number of amides is 1. The van der Waals surface area contributed by atoms with E-state index in [1.165, 1.54) is 5.56 Å². The fourth-order valence-electron chi connectivity index (χ4n) is 4.70. The van der Waals surface area contributed by atoms with Gasteiger partial charge in [-0.25, -0.2) is 0 Å². The van der Waals surface area contributed by atoms with Crippen LogP contribution in [0.1, 0.15) is 36.8 Å². The first-order valence-corrected chi connectivity index (χ1v) is 11.7. The Morgan fingerprint density at radius 2 is 1.57 bits per heavy atom. The van der Waals surface area contributed by atoms with Crippen molar-refractivity contribution in [1.29, 1.82) is 0 Å². The van der Waals surface area contributed by atoms with Crippen molar-refractivity contribution in [1.82, 2.24) is 5.32 Å². The van der Waals surface area contributed by atoms with Crippen LogP contribution < -0.4 is 5.32 Å². The Morgan fingerprint density at radius 1 is 0.933 bits per heavy atom. The molecule has 0 saturated carbocycles. The Labute approximate surface area is 191 Å². The molecular weight excluding hydrogens is 466 g/mol. The van der Waals surface area contributed by atoms with Crippen LogP contribution in [0.25, 0.3) is 0 Å². The van der Waals surface area contributed by atoms with E-state index in [0.717, 1.165) is 22.9 Å². The van der Waals surface area contributed by atoms with Crippen LogP contribution in [-0.4, -0.2) is 38.9 Å². The van der Waals surface area contributed by atoms with Crippen molar-refractivity contribution in [3.8, 4) is 0 Å². The third kappa shape index (κ3) is 4.45. The van der Waals surface area contributed by atoms with E-state index in [4.69, 9.17) is 21.1 Å². The Morgan fingerprint density at radius 3 is 2.20 bits per heavy atom. The second kappa shape index (κ2) is 9.39. The molecule has 0 spiro atoms. The lowest BCUT2D eigenvalue weighted by atomic mass is 9.71. The predicted molar refractivity (Wildman–Crippen MR) is 122 cm³/mol. The smallest absolute Gasteiger partial charge is 0.230 e. The van der Waals surface area contributed by atoms with Crippen molar-refractivity contribution in [2.45, 2.75) is 36.5 Å². The molecule has 160 valence electrons. The molecule has 0 bridgehead atoms. The van der Waals surface area contributed by atoms with Gasteiger partial charge in [0.15, 0.2) is 0 Å². The summed E-state index contributed by atoms with van der Waals surface area (Å²) in [6, 6.07) is 16.1. The number of benzene rings is 2. The lowest BCUT2D eigenvalue weighted by molar-refractivity contribution is -0.131. The average Bonchev–Trinajstić information content (AvgIpc) is 2.79. The van der Waals surface area contributed by atoms with Gasteiger partial charge >= 0.3 is 0 Å². The van der Waals surface area contributed by atoms with Gasteiger partial charge in [0, 0.05) is 47.9 Å². The van der Waals surface area contributed by atoms with E-state index in [9.17, 15) is 4.79 Å². The summed E-state index contributed by atoms with van der Waals surface area (Å²) < 4.78 is 12.3. The van der Waals surface area contributed by atoms with Gasteiger partial charge in [-0.15, -0.1) is 0 Å². The molecule has 2 heterocycles. The Balaban J connectivity index is 1.59. The first-order valence-electron chi connectivity index (χ1n) is 10.5. The fourth-order valence-corrected chi connectivity index (χ4v) is 5.23. The van der Waals surface area contributed by atoms with Gasteiger partial charge in [-0.2, -0.15) is 0 Å². The summed E-state index contributed by atoms with van der Waals surface area (Å²) in [5.41, 5.74) is 1.56. The number of hydrogen-bond acceptors (Lipinski definition) is 3. The number of hydrogen-bond donors (Lipinski definition) is 1. The molecule has 30 heavy (non-hydrogen) atoms. The normalized spacial score (nSPS) is 20.5. The van der Waals surface area contributed by atoms with Crippen LogP contribution in [0.4, 0.5) is 0 Å². The van der Waals surface area contributed by atoms with Gasteiger partial charge in [0.05, 0.1) is 5.41 Å². The van der Waals surface area contributed by atoms with Gasteiger partial charge in [0.25, 0.3) is 0 Å². The van der Waals surface area contributed by atoms with Crippen LogP contribution in [-0.2, 0) is 25.1 Å². The zero-order valence-electron chi connectivity index (χ0n) is 17.0. The van der Waals surface area contributed by atoms with Crippen molar-refractivity contribution in [2.24, 2.45) is 0 Å². The molecule has 2 aromatic rings. The van der Waals surface area contributed by atoms with E-state index < -0.39 is 5.41 Å². The largest absolute Gasteiger partial charge is 0.381 e. The zero-order chi connectivity index (χ0) is 21.0. The quantitative estimate of drug-likeness (QED) is 0.638. The molecule has 0 atom stereocenters. The maximum Gasteiger partial charge on any atom is 0.230 e. The molecule has 1 amide bonds. The highest BCUT2D eigenvalue weighted by atomic mass is 79.9. The summed E-state index contributed by atoms with van der Waals surface area (Å²) in [4.78, 5) is 13.6. The van der Waals surface area contributed by atoms with Crippen molar-refractivity contribution in [3.05, 3.63) is 69.2 Å². The summed E-state index contributed by atoms with van der Waals surface area (Å²) in [5, 5.41) is 4.01. The lowest BCUT2D eigenvalue weighted by Gasteiger charge is -2.41. The Hall–Kier alpha value is -1.40. The molecule has 6 heteroatoms. The first-order chi connectivity index (χ1) is 14.5. The number of halogens is 2. The average molecular weight is 493 g/mol.